The van der Waals surface area contributed by atoms with Crippen molar-refractivity contribution in [3.8, 4) is 0 Å². The maximum absolute atomic E-state index is 12.4. The van der Waals surface area contributed by atoms with E-state index >= 15 is 0 Å². The average Bonchev–Trinajstić information content (AvgIpc) is 2.69. The first-order valence-electron chi connectivity index (χ1n) is 9.04. The Kier molecular flexibility index (Phi) is 6.51. The zero-order chi connectivity index (χ0) is 19.1. The number of rotatable bonds is 6. The number of amides is 2. The summed E-state index contributed by atoms with van der Waals surface area (Å²) in [4.78, 5) is 31.1. The van der Waals surface area contributed by atoms with Crippen LogP contribution in [0, 0.1) is 6.92 Å². The fraction of sp³-hybridized carbons (Fsp3) is 0.350. The van der Waals surface area contributed by atoms with Gasteiger partial charge in [-0.3, -0.25) is 19.5 Å². The van der Waals surface area contributed by atoms with Gasteiger partial charge in [-0.05, 0) is 36.8 Å². The number of anilines is 1. The Labute approximate surface area is 158 Å². The van der Waals surface area contributed by atoms with Crippen LogP contribution in [0.1, 0.15) is 26.4 Å². The fourth-order valence-corrected chi connectivity index (χ4v) is 2.86. The van der Waals surface area contributed by atoms with Crippen LogP contribution in [0.25, 0.3) is 0 Å². The zero-order valence-corrected chi connectivity index (χ0v) is 15.4. The standard InChI is InChI=1S/C20H24N4O3/c1-15-3-2-4-17(13-15)23-19(25)16-5-6-21-18(14-16)20(26)22-7-8-24-9-11-27-12-10-24/h2-6,13-14H,7-12H2,1H3,(H,22,26)(H,23,25). The Hall–Kier alpha value is -2.77. The number of hydrogen-bond acceptors (Lipinski definition) is 5. The number of aryl methyl sites for hydroxylation is 1. The van der Waals surface area contributed by atoms with Gasteiger partial charge in [0.1, 0.15) is 5.69 Å². The summed E-state index contributed by atoms with van der Waals surface area (Å²) in [6.45, 7) is 6.47. The third kappa shape index (κ3) is 5.60. The summed E-state index contributed by atoms with van der Waals surface area (Å²) < 4.78 is 5.30. The number of morpholine rings is 1. The molecule has 7 nitrogen and oxygen atoms in total. The third-order valence-electron chi connectivity index (χ3n) is 4.35. The fourth-order valence-electron chi connectivity index (χ4n) is 2.86. The van der Waals surface area contributed by atoms with Gasteiger partial charge in [-0.1, -0.05) is 12.1 Å². The van der Waals surface area contributed by atoms with Crippen LogP contribution in [0.4, 0.5) is 5.69 Å². The molecule has 0 bridgehead atoms. The minimum atomic E-state index is -0.284. The second-order valence-electron chi connectivity index (χ2n) is 6.46. The largest absolute Gasteiger partial charge is 0.379 e. The number of nitrogens with one attached hydrogen (secondary N) is 2. The number of ether oxygens (including phenoxy) is 1. The summed E-state index contributed by atoms with van der Waals surface area (Å²) in [6.07, 6.45) is 1.47. The minimum Gasteiger partial charge on any atom is -0.379 e. The van der Waals surface area contributed by atoms with Gasteiger partial charge in [0.15, 0.2) is 0 Å². The second-order valence-corrected chi connectivity index (χ2v) is 6.46. The molecule has 1 aromatic carbocycles. The van der Waals surface area contributed by atoms with Crippen molar-refractivity contribution in [1.82, 2.24) is 15.2 Å². The maximum atomic E-state index is 12.4. The Morgan fingerprint density at radius 2 is 1.96 bits per heavy atom. The van der Waals surface area contributed by atoms with Crippen LogP contribution in [0.15, 0.2) is 42.6 Å². The molecule has 0 unspecified atom stereocenters. The van der Waals surface area contributed by atoms with Crippen molar-refractivity contribution < 1.29 is 14.3 Å². The van der Waals surface area contributed by atoms with Crippen molar-refractivity contribution >= 4 is 17.5 Å². The molecule has 1 aliphatic heterocycles. The number of carbonyl (C=O) groups is 2. The number of carbonyl (C=O) groups excluding carboxylic acids is 2. The molecule has 142 valence electrons. The lowest BCUT2D eigenvalue weighted by atomic mass is 10.2. The normalized spacial score (nSPS) is 14.6. The van der Waals surface area contributed by atoms with Crippen molar-refractivity contribution in [3.63, 3.8) is 0 Å². The van der Waals surface area contributed by atoms with E-state index in [9.17, 15) is 9.59 Å². The van der Waals surface area contributed by atoms with Gasteiger partial charge in [0, 0.05) is 43.6 Å². The van der Waals surface area contributed by atoms with Crippen molar-refractivity contribution in [2.45, 2.75) is 6.92 Å². The Morgan fingerprint density at radius 3 is 2.74 bits per heavy atom. The molecule has 0 spiro atoms. The number of nitrogens with zero attached hydrogens (tertiary/aromatic N) is 2. The topological polar surface area (TPSA) is 83.6 Å². The monoisotopic (exact) mass is 368 g/mol. The van der Waals surface area contributed by atoms with Crippen LogP contribution in [0.3, 0.4) is 0 Å². The van der Waals surface area contributed by atoms with Gasteiger partial charge in [0.2, 0.25) is 0 Å². The third-order valence-corrected chi connectivity index (χ3v) is 4.35. The molecule has 7 heteroatoms. The SMILES string of the molecule is Cc1cccc(NC(=O)c2ccnc(C(=O)NCCN3CCOCC3)c2)c1. The summed E-state index contributed by atoms with van der Waals surface area (Å²) in [7, 11) is 0. The summed E-state index contributed by atoms with van der Waals surface area (Å²) in [5.41, 5.74) is 2.40. The predicted molar refractivity (Wildman–Crippen MR) is 103 cm³/mol. The molecule has 2 amide bonds. The van der Waals surface area contributed by atoms with Crippen molar-refractivity contribution in [2.24, 2.45) is 0 Å². The van der Waals surface area contributed by atoms with Crippen LogP contribution in [0.2, 0.25) is 0 Å². The van der Waals surface area contributed by atoms with E-state index in [0.29, 0.717) is 17.8 Å². The van der Waals surface area contributed by atoms with Gasteiger partial charge in [0.25, 0.3) is 11.8 Å². The molecule has 2 heterocycles. The quantitative estimate of drug-likeness (QED) is 0.811. The highest BCUT2D eigenvalue weighted by molar-refractivity contribution is 6.05. The predicted octanol–water partition coefficient (Wildman–Crippen LogP) is 1.70. The molecular formula is C20H24N4O3. The molecule has 0 saturated carbocycles. The van der Waals surface area contributed by atoms with Gasteiger partial charge in [-0.2, -0.15) is 0 Å². The molecule has 1 aromatic heterocycles. The van der Waals surface area contributed by atoms with Crippen molar-refractivity contribution in [1.29, 1.82) is 0 Å². The molecule has 1 aliphatic rings. The molecule has 2 aromatic rings. The average molecular weight is 368 g/mol. The van der Waals surface area contributed by atoms with Crippen molar-refractivity contribution in [2.75, 3.05) is 44.7 Å². The zero-order valence-electron chi connectivity index (χ0n) is 15.4. The number of benzene rings is 1. The van der Waals surface area contributed by atoms with E-state index in [1.807, 2.05) is 31.2 Å². The number of hydrogen-bond donors (Lipinski definition) is 2. The molecule has 2 N–H and O–H groups in total. The Morgan fingerprint density at radius 1 is 1.15 bits per heavy atom. The summed E-state index contributed by atoms with van der Waals surface area (Å²) in [5, 5.41) is 5.69. The van der Waals surface area contributed by atoms with Gasteiger partial charge < -0.3 is 15.4 Å². The summed E-state index contributed by atoms with van der Waals surface area (Å²) in [6, 6.07) is 10.7. The molecular weight excluding hydrogens is 344 g/mol. The van der Waals surface area contributed by atoms with Crippen LogP contribution in [-0.4, -0.2) is 61.1 Å². The van der Waals surface area contributed by atoms with Gasteiger partial charge in [0.05, 0.1) is 13.2 Å². The highest BCUT2D eigenvalue weighted by atomic mass is 16.5. The summed E-state index contributed by atoms with van der Waals surface area (Å²) in [5.74, 6) is -0.557. The van der Waals surface area contributed by atoms with E-state index in [1.54, 1.807) is 6.07 Å². The molecule has 0 aliphatic carbocycles. The Bertz CT molecular complexity index is 803. The van der Waals surface area contributed by atoms with Gasteiger partial charge in [-0.15, -0.1) is 0 Å². The highest BCUT2D eigenvalue weighted by Crippen LogP contribution is 2.12. The summed E-state index contributed by atoms with van der Waals surface area (Å²) >= 11 is 0. The lowest BCUT2D eigenvalue weighted by molar-refractivity contribution is 0.0383. The van der Waals surface area contributed by atoms with Gasteiger partial charge >= 0.3 is 0 Å². The molecule has 27 heavy (non-hydrogen) atoms. The van der Waals surface area contributed by atoms with Crippen LogP contribution < -0.4 is 10.6 Å². The maximum Gasteiger partial charge on any atom is 0.269 e. The van der Waals surface area contributed by atoms with Crippen LogP contribution in [-0.2, 0) is 4.74 Å². The second kappa shape index (κ2) is 9.25. The first-order valence-corrected chi connectivity index (χ1v) is 9.04. The van der Waals surface area contributed by atoms with E-state index in [1.165, 1.54) is 12.3 Å². The molecule has 1 saturated heterocycles. The smallest absolute Gasteiger partial charge is 0.269 e. The van der Waals surface area contributed by atoms with E-state index < -0.39 is 0 Å². The van der Waals surface area contributed by atoms with Gasteiger partial charge in [-0.25, -0.2) is 0 Å². The lowest BCUT2D eigenvalue weighted by Gasteiger charge is -2.26. The van der Waals surface area contributed by atoms with E-state index in [0.717, 1.165) is 38.4 Å². The molecule has 1 fully saturated rings. The van der Waals surface area contributed by atoms with Crippen LogP contribution in [0.5, 0.6) is 0 Å². The first-order chi connectivity index (χ1) is 13.1. The lowest BCUT2D eigenvalue weighted by Crippen LogP contribution is -2.41. The minimum absolute atomic E-state index is 0.230. The molecule has 3 rings (SSSR count). The Balaban J connectivity index is 1.55. The molecule has 0 radical (unpaired) electrons. The highest BCUT2D eigenvalue weighted by Gasteiger charge is 2.14. The number of aromatic nitrogens is 1. The van der Waals surface area contributed by atoms with Crippen LogP contribution >= 0.6 is 0 Å². The molecule has 0 atom stereocenters. The van der Waals surface area contributed by atoms with E-state index in [4.69, 9.17) is 4.74 Å². The van der Waals surface area contributed by atoms with E-state index in [2.05, 4.69) is 20.5 Å². The van der Waals surface area contributed by atoms with Crippen molar-refractivity contribution in [3.05, 3.63) is 59.4 Å². The first kappa shape index (κ1) is 19.0. The number of pyridine rings is 1. The van der Waals surface area contributed by atoms with E-state index in [-0.39, 0.29) is 17.5 Å².